The van der Waals surface area contributed by atoms with E-state index in [1.807, 2.05) is 18.3 Å². The molecular weight excluding hydrogens is 365 g/mol. The molecule has 0 bridgehead atoms. The Morgan fingerprint density at radius 1 is 1.11 bits per heavy atom. The van der Waals surface area contributed by atoms with Crippen LogP contribution in [0.3, 0.4) is 0 Å². The second-order valence-corrected chi connectivity index (χ2v) is 7.65. The number of benzene rings is 2. The first kappa shape index (κ1) is 17.3. The van der Waals surface area contributed by atoms with Gasteiger partial charge < -0.3 is 9.88 Å². The fraction of sp³-hybridized carbons (Fsp3) is 0.318. The van der Waals surface area contributed by atoms with Gasteiger partial charge in [0, 0.05) is 30.6 Å². The number of aromatic nitrogens is 1. The summed E-state index contributed by atoms with van der Waals surface area (Å²) in [5, 5.41) is 3.91. The van der Waals surface area contributed by atoms with Crippen LogP contribution in [0.15, 0.2) is 48.7 Å². The summed E-state index contributed by atoms with van der Waals surface area (Å²) in [6, 6.07) is 11.5. The molecule has 0 aliphatic carbocycles. The molecule has 3 nitrogen and oxygen atoms in total. The SMILES string of the molecule is O=C1NC[C@H](c2cccc(C(F)(F)F)c2)[C@H]1c1cn2c3c(cccc13)CCC2. The fourth-order valence-electron chi connectivity index (χ4n) is 4.77. The number of nitrogens with zero attached hydrogens (tertiary/aromatic N) is 1. The molecule has 2 aliphatic heterocycles. The van der Waals surface area contributed by atoms with Crippen molar-refractivity contribution in [2.45, 2.75) is 37.4 Å². The lowest BCUT2D eigenvalue weighted by Crippen LogP contribution is -2.18. The zero-order chi connectivity index (χ0) is 19.5. The Labute approximate surface area is 160 Å². The van der Waals surface area contributed by atoms with E-state index in [0.717, 1.165) is 41.9 Å². The number of para-hydroxylation sites is 1. The number of hydrogen-bond acceptors (Lipinski definition) is 1. The van der Waals surface area contributed by atoms with Gasteiger partial charge >= 0.3 is 6.18 Å². The third kappa shape index (κ3) is 2.62. The van der Waals surface area contributed by atoms with Crippen molar-refractivity contribution in [3.05, 3.63) is 70.9 Å². The summed E-state index contributed by atoms with van der Waals surface area (Å²) in [7, 11) is 0. The molecule has 0 unspecified atom stereocenters. The number of nitrogens with one attached hydrogen (secondary N) is 1. The quantitative estimate of drug-likeness (QED) is 0.688. The number of amides is 1. The molecule has 5 rings (SSSR count). The van der Waals surface area contributed by atoms with Crippen LogP contribution in [0.5, 0.6) is 0 Å². The number of carbonyl (C=O) groups excluding carboxylic acids is 1. The number of aryl methyl sites for hydroxylation is 2. The molecule has 2 atom stereocenters. The maximum Gasteiger partial charge on any atom is 0.416 e. The Hall–Kier alpha value is -2.76. The molecule has 2 aliphatic rings. The Kier molecular flexibility index (Phi) is 3.79. The van der Waals surface area contributed by atoms with E-state index in [2.05, 4.69) is 16.0 Å². The first-order valence-corrected chi connectivity index (χ1v) is 9.49. The summed E-state index contributed by atoms with van der Waals surface area (Å²) in [5.74, 6) is -0.926. The van der Waals surface area contributed by atoms with Gasteiger partial charge in [0.1, 0.15) is 0 Å². The molecule has 1 fully saturated rings. The van der Waals surface area contributed by atoms with Crippen molar-refractivity contribution in [1.82, 2.24) is 9.88 Å². The van der Waals surface area contributed by atoms with E-state index in [9.17, 15) is 18.0 Å². The highest BCUT2D eigenvalue weighted by Crippen LogP contribution is 2.43. The van der Waals surface area contributed by atoms with Gasteiger partial charge in [-0.2, -0.15) is 13.2 Å². The van der Waals surface area contributed by atoms with Crippen LogP contribution < -0.4 is 5.32 Å². The average Bonchev–Trinajstić information content (AvgIpc) is 3.23. The summed E-state index contributed by atoms with van der Waals surface area (Å²) in [4.78, 5) is 12.7. The molecule has 0 radical (unpaired) electrons. The highest BCUT2D eigenvalue weighted by atomic mass is 19.4. The molecule has 28 heavy (non-hydrogen) atoms. The van der Waals surface area contributed by atoms with Crippen LogP contribution in [-0.4, -0.2) is 17.0 Å². The van der Waals surface area contributed by atoms with E-state index in [1.165, 1.54) is 17.7 Å². The molecule has 144 valence electrons. The lowest BCUT2D eigenvalue weighted by Gasteiger charge is -2.18. The van der Waals surface area contributed by atoms with Crippen molar-refractivity contribution in [1.29, 1.82) is 0 Å². The summed E-state index contributed by atoms with van der Waals surface area (Å²) < 4.78 is 41.7. The smallest absolute Gasteiger partial charge is 0.355 e. The number of hydrogen-bond donors (Lipinski definition) is 1. The standard InChI is InChI=1S/C22H19F3N2O/c23-22(24,25)15-7-1-5-14(10-15)17-11-26-21(28)19(17)18-12-27-9-3-6-13-4-2-8-16(18)20(13)27/h1-2,4-5,7-8,10,12,17,19H,3,6,9,11H2,(H,26,28)/t17-,19+/m1/s1. The highest BCUT2D eigenvalue weighted by Gasteiger charge is 2.40. The molecule has 1 N–H and O–H groups in total. The van der Waals surface area contributed by atoms with Crippen molar-refractivity contribution in [3.63, 3.8) is 0 Å². The van der Waals surface area contributed by atoms with Crippen LogP contribution >= 0.6 is 0 Å². The van der Waals surface area contributed by atoms with Gasteiger partial charge in [0.2, 0.25) is 5.91 Å². The Morgan fingerprint density at radius 2 is 1.93 bits per heavy atom. The van der Waals surface area contributed by atoms with Gasteiger partial charge in [-0.25, -0.2) is 0 Å². The molecular formula is C22H19F3N2O. The van der Waals surface area contributed by atoms with E-state index in [4.69, 9.17) is 0 Å². The summed E-state index contributed by atoms with van der Waals surface area (Å²) in [6.45, 7) is 1.24. The molecule has 1 aromatic heterocycles. The second-order valence-electron chi connectivity index (χ2n) is 7.65. The van der Waals surface area contributed by atoms with E-state index >= 15 is 0 Å². The Balaban J connectivity index is 1.63. The first-order chi connectivity index (χ1) is 13.4. The lowest BCUT2D eigenvalue weighted by atomic mass is 9.83. The average molecular weight is 384 g/mol. The van der Waals surface area contributed by atoms with Crippen LogP contribution in [0.4, 0.5) is 13.2 Å². The van der Waals surface area contributed by atoms with Gasteiger partial charge in [0.15, 0.2) is 0 Å². The Morgan fingerprint density at radius 3 is 2.75 bits per heavy atom. The largest absolute Gasteiger partial charge is 0.416 e. The normalized spacial score (nSPS) is 21.9. The monoisotopic (exact) mass is 384 g/mol. The molecule has 2 aromatic carbocycles. The fourth-order valence-corrected chi connectivity index (χ4v) is 4.77. The van der Waals surface area contributed by atoms with Gasteiger partial charge in [0.25, 0.3) is 0 Å². The zero-order valence-corrected chi connectivity index (χ0v) is 15.1. The summed E-state index contributed by atoms with van der Waals surface area (Å²) in [6.07, 6.45) is -0.308. The number of rotatable bonds is 2. The third-order valence-corrected chi connectivity index (χ3v) is 6.02. The minimum absolute atomic E-state index is 0.119. The summed E-state index contributed by atoms with van der Waals surface area (Å²) >= 11 is 0. The predicted molar refractivity (Wildman–Crippen MR) is 100 cm³/mol. The van der Waals surface area contributed by atoms with Crippen LogP contribution in [0.2, 0.25) is 0 Å². The van der Waals surface area contributed by atoms with Crippen molar-refractivity contribution in [3.8, 4) is 0 Å². The highest BCUT2D eigenvalue weighted by molar-refractivity contribution is 5.95. The van der Waals surface area contributed by atoms with Crippen molar-refractivity contribution in [2.75, 3.05) is 6.54 Å². The van der Waals surface area contributed by atoms with Crippen LogP contribution in [0.25, 0.3) is 10.9 Å². The molecule has 3 heterocycles. The second kappa shape index (κ2) is 6.12. The van der Waals surface area contributed by atoms with Gasteiger partial charge in [-0.05, 0) is 35.6 Å². The van der Waals surface area contributed by atoms with E-state index in [-0.39, 0.29) is 11.8 Å². The Bertz CT molecular complexity index is 1080. The number of alkyl halides is 3. The molecule has 1 saturated heterocycles. The maximum absolute atomic E-state index is 13.2. The lowest BCUT2D eigenvalue weighted by molar-refractivity contribution is -0.137. The topological polar surface area (TPSA) is 34.0 Å². The van der Waals surface area contributed by atoms with Crippen molar-refractivity contribution in [2.24, 2.45) is 0 Å². The van der Waals surface area contributed by atoms with Crippen LogP contribution in [0, 0.1) is 0 Å². The predicted octanol–water partition coefficient (Wildman–Crippen LogP) is 4.60. The number of halogens is 3. The summed E-state index contributed by atoms with van der Waals surface area (Å²) in [5.41, 5.74) is 3.21. The van der Waals surface area contributed by atoms with Gasteiger partial charge in [0.05, 0.1) is 17.0 Å². The van der Waals surface area contributed by atoms with Crippen molar-refractivity contribution < 1.29 is 18.0 Å². The van der Waals surface area contributed by atoms with Gasteiger partial charge in [-0.3, -0.25) is 4.79 Å². The number of carbonyl (C=O) groups is 1. The van der Waals surface area contributed by atoms with Crippen LogP contribution in [-0.2, 0) is 23.9 Å². The molecule has 0 saturated carbocycles. The van der Waals surface area contributed by atoms with Crippen LogP contribution in [0.1, 0.15) is 40.5 Å². The maximum atomic E-state index is 13.2. The molecule has 6 heteroatoms. The molecule has 3 aromatic rings. The molecule has 1 amide bonds. The first-order valence-electron chi connectivity index (χ1n) is 9.49. The minimum atomic E-state index is -4.40. The van der Waals surface area contributed by atoms with Gasteiger partial charge in [-0.1, -0.05) is 36.4 Å². The van der Waals surface area contributed by atoms with E-state index in [1.54, 1.807) is 6.07 Å². The molecule has 0 spiro atoms. The zero-order valence-electron chi connectivity index (χ0n) is 15.1. The van der Waals surface area contributed by atoms with Gasteiger partial charge in [-0.15, -0.1) is 0 Å². The van der Waals surface area contributed by atoms with E-state index in [0.29, 0.717) is 12.1 Å². The van der Waals surface area contributed by atoms with Crippen molar-refractivity contribution >= 4 is 16.8 Å². The van der Waals surface area contributed by atoms with E-state index < -0.39 is 17.7 Å². The minimum Gasteiger partial charge on any atom is -0.355 e. The third-order valence-electron chi connectivity index (χ3n) is 6.02.